The van der Waals surface area contributed by atoms with Crippen LogP contribution >= 0.6 is 0 Å². The summed E-state index contributed by atoms with van der Waals surface area (Å²) >= 11 is 0. The number of halogens is 3. The van der Waals surface area contributed by atoms with Crippen LogP contribution in [0.5, 0.6) is 0 Å². The highest BCUT2D eigenvalue weighted by Crippen LogP contribution is 2.29. The van der Waals surface area contributed by atoms with Gasteiger partial charge in [0.15, 0.2) is 0 Å². The molecule has 5 nitrogen and oxygen atoms in total. The zero-order valence-electron chi connectivity index (χ0n) is 19.5. The van der Waals surface area contributed by atoms with Crippen molar-refractivity contribution in [3.63, 3.8) is 0 Å². The smallest absolute Gasteiger partial charge is 0.340 e. The first-order chi connectivity index (χ1) is 16.6. The van der Waals surface area contributed by atoms with Crippen molar-refractivity contribution >= 4 is 17.3 Å². The number of anilines is 2. The van der Waals surface area contributed by atoms with Gasteiger partial charge in [-0.25, -0.2) is 0 Å². The van der Waals surface area contributed by atoms with Gasteiger partial charge in [0, 0.05) is 42.8 Å². The summed E-state index contributed by atoms with van der Waals surface area (Å²) in [7, 11) is 1.52. The normalized spacial score (nSPS) is 12.7. The van der Waals surface area contributed by atoms with Crippen molar-refractivity contribution in [1.82, 2.24) is 4.98 Å². The third-order valence-electron chi connectivity index (χ3n) is 5.58. The summed E-state index contributed by atoms with van der Waals surface area (Å²) in [6.45, 7) is 5.34. The average Bonchev–Trinajstić information content (AvgIpc) is 2.86. The fourth-order valence-electron chi connectivity index (χ4n) is 3.48. The molecule has 1 unspecified atom stereocenters. The molecule has 3 N–H and O–H groups in total. The molecule has 0 radical (unpaired) electrons. The summed E-state index contributed by atoms with van der Waals surface area (Å²) in [5, 5.41) is 2.72. The molecule has 3 aromatic rings. The van der Waals surface area contributed by atoms with Crippen molar-refractivity contribution in [3.05, 3.63) is 114 Å². The monoisotopic (exact) mass is 480 g/mol. The minimum absolute atomic E-state index is 0.0465. The lowest BCUT2D eigenvalue weighted by atomic mass is 9.97. The number of hydrogen-bond acceptors (Lipinski definition) is 4. The van der Waals surface area contributed by atoms with E-state index in [4.69, 9.17) is 5.73 Å². The molecule has 1 atom stereocenters. The van der Waals surface area contributed by atoms with E-state index in [9.17, 15) is 18.0 Å². The van der Waals surface area contributed by atoms with E-state index in [1.54, 1.807) is 48.7 Å². The second-order valence-electron chi connectivity index (χ2n) is 8.04. The number of carbonyl (C=O) groups is 1. The maximum Gasteiger partial charge on any atom is 0.415 e. The lowest BCUT2D eigenvalue weighted by Crippen LogP contribution is -2.29. The molecule has 0 saturated carbocycles. The van der Waals surface area contributed by atoms with Crippen LogP contribution in [-0.4, -0.2) is 24.1 Å². The van der Waals surface area contributed by atoms with Gasteiger partial charge in [0.2, 0.25) is 0 Å². The number of likely N-dealkylation sites (N-methyl/N-ethyl adjacent to an activating group) is 1. The highest BCUT2D eigenvalue weighted by Gasteiger charge is 2.32. The second-order valence-corrected chi connectivity index (χ2v) is 8.04. The van der Waals surface area contributed by atoms with Gasteiger partial charge in [0.1, 0.15) is 5.70 Å². The average molecular weight is 481 g/mol. The van der Waals surface area contributed by atoms with Gasteiger partial charge in [-0.05, 0) is 53.6 Å². The predicted octanol–water partition coefficient (Wildman–Crippen LogP) is 5.77. The van der Waals surface area contributed by atoms with Crippen LogP contribution in [-0.2, 0) is 11.3 Å². The number of alkyl halides is 3. The van der Waals surface area contributed by atoms with Crippen LogP contribution < -0.4 is 16.0 Å². The van der Waals surface area contributed by atoms with Gasteiger partial charge in [-0.1, -0.05) is 43.8 Å². The van der Waals surface area contributed by atoms with Crippen LogP contribution in [0, 0.1) is 0 Å². The molecular weight excluding hydrogens is 453 g/mol. The molecule has 3 rings (SSSR count). The lowest BCUT2D eigenvalue weighted by Gasteiger charge is -2.24. The molecule has 8 heteroatoms. The number of allylic oxidation sites excluding steroid dienone is 2. The highest BCUT2D eigenvalue weighted by atomic mass is 19.4. The van der Waals surface area contributed by atoms with Gasteiger partial charge in [-0.3, -0.25) is 9.78 Å². The minimum Gasteiger partial charge on any atom is -0.340 e. The van der Waals surface area contributed by atoms with Crippen LogP contribution in [0.4, 0.5) is 24.5 Å². The van der Waals surface area contributed by atoms with Gasteiger partial charge < -0.3 is 16.0 Å². The standard InChI is InChI=1S/C27H27F3N4O/c1-18(27(28,29)30)14-25(34(3)23-11-6-8-20(15-23)17-31)26(35)33-22-10-7-9-21(16-22)19(2)24-12-4-5-13-32-24/h4-16,19H,1,17,31H2,2-3H3,(H,33,35)/b25-14-. The van der Waals surface area contributed by atoms with Crippen LogP contribution in [0.25, 0.3) is 0 Å². The number of carbonyl (C=O) groups excluding carboxylic acids is 1. The van der Waals surface area contributed by atoms with Crippen molar-refractivity contribution < 1.29 is 18.0 Å². The van der Waals surface area contributed by atoms with Crippen LogP contribution in [0.15, 0.2) is 96.9 Å². The van der Waals surface area contributed by atoms with E-state index in [0.29, 0.717) is 11.4 Å². The summed E-state index contributed by atoms with van der Waals surface area (Å²) in [5.74, 6) is -0.756. The largest absolute Gasteiger partial charge is 0.415 e. The topological polar surface area (TPSA) is 71.2 Å². The molecule has 0 spiro atoms. The number of rotatable bonds is 8. The molecule has 1 heterocycles. The van der Waals surface area contributed by atoms with E-state index >= 15 is 0 Å². The Morgan fingerprint density at radius 2 is 1.89 bits per heavy atom. The Balaban J connectivity index is 1.92. The summed E-state index contributed by atoms with van der Waals surface area (Å²) in [6.07, 6.45) is -2.23. The highest BCUT2D eigenvalue weighted by molar-refractivity contribution is 6.06. The quantitative estimate of drug-likeness (QED) is 0.317. The first-order valence-electron chi connectivity index (χ1n) is 10.9. The SMILES string of the molecule is C=C(/C=C(/C(=O)Nc1cccc(C(C)c2ccccn2)c1)N(C)c1cccc(CN)c1)C(F)(F)F. The van der Waals surface area contributed by atoms with Crippen LogP contribution in [0.3, 0.4) is 0 Å². The Hall–Kier alpha value is -3.91. The molecule has 182 valence electrons. The zero-order valence-corrected chi connectivity index (χ0v) is 19.5. The number of nitrogens with zero attached hydrogens (tertiary/aromatic N) is 2. The Labute approximate surface area is 202 Å². The molecule has 0 bridgehead atoms. The van der Waals surface area contributed by atoms with Crippen LogP contribution in [0.1, 0.15) is 29.7 Å². The van der Waals surface area contributed by atoms with Gasteiger partial charge in [-0.2, -0.15) is 13.2 Å². The Morgan fingerprint density at radius 3 is 2.54 bits per heavy atom. The second kappa shape index (κ2) is 11.0. The van der Waals surface area contributed by atoms with Gasteiger partial charge in [-0.15, -0.1) is 0 Å². The molecule has 2 aromatic carbocycles. The van der Waals surface area contributed by atoms with E-state index in [1.807, 2.05) is 31.2 Å². The minimum atomic E-state index is -4.68. The maximum atomic E-state index is 13.3. The number of nitrogens with one attached hydrogen (secondary N) is 1. The maximum absolute atomic E-state index is 13.3. The molecule has 0 aliphatic rings. The molecule has 0 aliphatic heterocycles. The molecule has 0 saturated heterocycles. The summed E-state index contributed by atoms with van der Waals surface area (Å²) in [4.78, 5) is 19.0. The van der Waals surface area contributed by atoms with Crippen molar-refractivity contribution in [2.75, 3.05) is 17.3 Å². The van der Waals surface area contributed by atoms with Crippen molar-refractivity contribution in [2.45, 2.75) is 25.6 Å². The van der Waals surface area contributed by atoms with Crippen LogP contribution in [0.2, 0.25) is 0 Å². The number of benzene rings is 2. The Kier molecular flexibility index (Phi) is 8.09. The molecule has 35 heavy (non-hydrogen) atoms. The summed E-state index contributed by atoms with van der Waals surface area (Å²) < 4.78 is 39.8. The third-order valence-corrected chi connectivity index (χ3v) is 5.58. The van der Waals surface area contributed by atoms with Crippen molar-refractivity contribution in [1.29, 1.82) is 0 Å². The Bertz CT molecular complexity index is 1220. The molecule has 0 fully saturated rings. The number of hydrogen-bond donors (Lipinski definition) is 2. The molecule has 1 aromatic heterocycles. The number of nitrogens with two attached hydrogens (primary N) is 1. The van der Waals surface area contributed by atoms with Gasteiger partial charge in [0.25, 0.3) is 5.91 Å². The zero-order chi connectivity index (χ0) is 25.6. The summed E-state index contributed by atoms with van der Waals surface area (Å²) in [5.41, 5.74) is 7.84. The van der Waals surface area contributed by atoms with E-state index in [2.05, 4.69) is 16.9 Å². The fourth-order valence-corrected chi connectivity index (χ4v) is 3.48. The van der Waals surface area contributed by atoms with E-state index in [0.717, 1.165) is 22.9 Å². The van der Waals surface area contributed by atoms with E-state index < -0.39 is 17.7 Å². The van der Waals surface area contributed by atoms with Crippen molar-refractivity contribution in [2.24, 2.45) is 5.73 Å². The molecular formula is C27H27F3N4O. The van der Waals surface area contributed by atoms with E-state index in [1.165, 1.54) is 11.9 Å². The summed E-state index contributed by atoms with van der Waals surface area (Å²) in [6, 6.07) is 19.7. The number of aromatic nitrogens is 1. The first-order valence-corrected chi connectivity index (χ1v) is 10.9. The lowest BCUT2D eigenvalue weighted by molar-refractivity contribution is -0.112. The number of amides is 1. The third kappa shape index (κ3) is 6.58. The van der Waals surface area contributed by atoms with Crippen molar-refractivity contribution in [3.8, 4) is 0 Å². The molecule has 0 aliphatic carbocycles. The van der Waals surface area contributed by atoms with Gasteiger partial charge in [0.05, 0.1) is 5.57 Å². The Morgan fingerprint density at radius 1 is 1.14 bits per heavy atom. The molecule has 1 amide bonds. The number of pyridine rings is 1. The fraction of sp³-hybridized carbons (Fsp3) is 0.185. The van der Waals surface area contributed by atoms with E-state index in [-0.39, 0.29) is 18.2 Å². The van der Waals surface area contributed by atoms with Gasteiger partial charge >= 0.3 is 6.18 Å². The predicted molar refractivity (Wildman–Crippen MR) is 133 cm³/mol. The first kappa shape index (κ1) is 25.7.